The number of halogens is 1. The quantitative estimate of drug-likeness (QED) is 0.312. The van der Waals surface area contributed by atoms with Crippen LogP contribution in [-0.4, -0.2) is 15.9 Å². The van der Waals surface area contributed by atoms with Gasteiger partial charge in [0.1, 0.15) is 17.3 Å². The van der Waals surface area contributed by atoms with Crippen LogP contribution in [-0.2, 0) is 0 Å². The van der Waals surface area contributed by atoms with E-state index < -0.39 is 0 Å². The minimum absolute atomic E-state index is 0.219. The minimum atomic E-state index is -0.219. The van der Waals surface area contributed by atoms with Crippen molar-refractivity contribution in [1.29, 1.82) is 0 Å². The third-order valence-electron chi connectivity index (χ3n) is 4.91. The average Bonchev–Trinajstić information content (AvgIpc) is 3.23. The number of carbonyl (C=O) groups is 1. The van der Waals surface area contributed by atoms with Crippen LogP contribution >= 0.6 is 11.6 Å². The summed E-state index contributed by atoms with van der Waals surface area (Å²) in [6, 6.07) is 29.7. The number of hydrogen-bond acceptors (Lipinski definition) is 3. The summed E-state index contributed by atoms with van der Waals surface area (Å²) < 4.78 is 5.93. The maximum Gasteiger partial charge on any atom is 0.255 e. The molecule has 0 unspecified atom stereocenters. The zero-order valence-corrected chi connectivity index (χ0v) is 17.6. The molecule has 0 fully saturated rings. The number of nitrogens with zero attached hydrogens (tertiary/aromatic N) is 1. The third kappa shape index (κ3) is 4.33. The molecule has 0 aliphatic carbocycles. The monoisotopic (exact) mass is 439 g/mol. The van der Waals surface area contributed by atoms with Gasteiger partial charge in [0.25, 0.3) is 5.91 Å². The van der Waals surface area contributed by atoms with Gasteiger partial charge in [-0.05, 0) is 60.7 Å². The summed E-state index contributed by atoms with van der Waals surface area (Å²) in [6.07, 6.45) is 0. The molecule has 5 nitrogen and oxygen atoms in total. The molecule has 0 atom stereocenters. The van der Waals surface area contributed by atoms with Crippen molar-refractivity contribution in [2.45, 2.75) is 0 Å². The number of rotatable bonds is 5. The number of aromatic nitrogens is 2. The van der Waals surface area contributed by atoms with E-state index in [1.165, 1.54) is 0 Å². The van der Waals surface area contributed by atoms with Crippen LogP contribution in [0.2, 0.25) is 5.02 Å². The minimum Gasteiger partial charge on any atom is -0.457 e. The molecule has 2 N–H and O–H groups in total. The molecule has 32 heavy (non-hydrogen) atoms. The van der Waals surface area contributed by atoms with Crippen LogP contribution in [0.25, 0.3) is 22.4 Å². The van der Waals surface area contributed by atoms with Crippen LogP contribution in [0.1, 0.15) is 10.4 Å². The van der Waals surface area contributed by atoms with Crippen molar-refractivity contribution in [3.8, 4) is 22.9 Å². The number of imidazole rings is 1. The Morgan fingerprint density at radius 3 is 2.50 bits per heavy atom. The van der Waals surface area contributed by atoms with Crippen LogP contribution < -0.4 is 10.1 Å². The van der Waals surface area contributed by atoms with Gasteiger partial charge in [-0.15, -0.1) is 0 Å². The van der Waals surface area contributed by atoms with E-state index in [0.29, 0.717) is 22.1 Å². The van der Waals surface area contributed by atoms with E-state index >= 15 is 0 Å². The largest absolute Gasteiger partial charge is 0.457 e. The van der Waals surface area contributed by atoms with Gasteiger partial charge in [0, 0.05) is 21.8 Å². The molecule has 0 saturated heterocycles. The van der Waals surface area contributed by atoms with Gasteiger partial charge >= 0.3 is 0 Å². The van der Waals surface area contributed by atoms with E-state index in [9.17, 15) is 4.79 Å². The fraction of sp³-hybridized carbons (Fsp3) is 0. The number of ether oxygens (including phenoxy) is 1. The Morgan fingerprint density at radius 1 is 0.844 bits per heavy atom. The summed E-state index contributed by atoms with van der Waals surface area (Å²) in [5.74, 6) is 1.97. The summed E-state index contributed by atoms with van der Waals surface area (Å²) in [5, 5.41) is 3.42. The number of fused-ring (bicyclic) bond motifs is 1. The Kier molecular flexibility index (Phi) is 5.32. The smallest absolute Gasteiger partial charge is 0.255 e. The van der Waals surface area contributed by atoms with Crippen molar-refractivity contribution in [2.75, 3.05) is 5.32 Å². The molecule has 1 aromatic heterocycles. The maximum absolute atomic E-state index is 12.7. The Morgan fingerprint density at radius 2 is 1.66 bits per heavy atom. The number of nitrogens with one attached hydrogen (secondary N) is 2. The zero-order chi connectivity index (χ0) is 21.9. The second kappa shape index (κ2) is 8.57. The molecule has 0 aliphatic heterocycles. The summed E-state index contributed by atoms with van der Waals surface area (Å²) in [4.78, 5) is 20.6. The number of carbonyl (C=O) groups excluding carboxylic acids is 1. The number of para-hydroxylation sites is 1. The predicted molar refractivity (Wildman–Crippen MR) is 127 cm³/mol. The van der Waals surface area contributed by atoms with E-state index in [-0.39, 0.29) is 5.91 Å². The van der Waals surface area contributed by atoms with Crippen molar-refractivity contribution in [1.82, 2.24) is 9.97 Å². The average molecular weight is 440 g/mol. The van der Waals surface area contributed by atoms with Gasteiger partial charge in [-0.2, -0.15) is 0 Å². The second-order valence-electron chi connectivity index (χ2n) is 7.22. The summed E-state index contributed by atoms with van der Waals surface area (Å²) >= 11 is 6.00. The molecule has 0 aliphatic rings. The first kappa shape index (κ1) is 19.8. The number of amides is 1. The number of aromatic amines is 1. The lowest BCUT2D eigenvalue weighted by Gasteiger charge is -2.06. The maximum atomic E-state index is 12.7. The zero-order valence-electron chi connectivity index (χ0n) is 16.9. The van der Waals surface area contributed by atoms with E-state index in [1.54, 1.807) is 36.4 Å². The lowest BCUT2D eigenvalue weighted by atomic mass is 10.2. The molecule has 156 valence electrons. The highest BCUT2D eigenvalue weighted by molar-refractivity contribution is 6.31. The fourth-order valence-corrected chi connectivity index (χ4v) is 3.58. The molecule has 5 aromatic rings. The molecule has 0 bridgehead atoms. The molecular formula is C26H18ClN3O2. The number of hydrogen-bond donors (Lipinski definition) is 2. The van der Waals surface area contributed by atoms with Crippen LogP contribution in [0, 0.1) is 0 Å². The van der Waals surface area contributed by atoms with Crippen molar-refractivity contribution < 1.29 is 9.53 Å². The van der Waals surface area contributed by atoms with Crippen molar-refractivity contribution >= 4 is 34.2 Å². The standard InChI is InChI=1S/C26H18ClN3O2/c27-19-7-5-8-20(16-19)28-26(31)18-12-13-23-24(15-18)30-25(29-23)17-6-4-11-22(14-17)32-21-9-2-1-3-10-21/h1-16H,(H,28,31)(H,29,30). The Balaban J connectivity index is 1.39. The highest BCUT2D eigenvalue weighted by atomic mass is 35.5. The van der Waals surface area contributed by atoms with Crippen molar-refractivity contribution in [3.63, 3.8) is 0 Å². The highest BCUT2D eigenvalue weighted by Gasteiger charge is 2.11. The summed E-state index contributed by atoms with van der Waals surface area (Å²) in [6.45, 7) is 0. The molecule has 6 heteroatoms. The van der Waals surface area contributed by atoms with E-state index in [0.717, 1.165) is 28.1 Å². The number of anilines is 1. The molecule has 0 saturated carbocycles. The normalized spacial score (nSPS) is 10.8. The molecule has 5 rings (SSSR count). The van der Waals surface area contributed by atoms with Gasteiger partial charge in [-0.25, -0.2) is 4.98 Å². The molecule has 4 aromatic carbocycles. The first-order chi connectivity index (χ1) is 15.6. The van der Waals surface area contributed by atoms with Crippen LogP contribution in [0.3, 0.4) is 0 Å². The highest BCUT2D eigenvalue weighted by Crippen LogP contribution is 2.27. The summed E-state index contributed by atoms with van der Waals surface area (Å²) in [5.41, 5.74) is 3.60. The number of H-pyrrole nitrogens is 1. The first-order valence-corrected chi connectivity index (χ1v) is 10.4. The van der Waals surface area contributed by atoms with Gasteiger partial charge in [0.2, 0.25) is 0 Å². The Hall–Kier alpha value is -4.09. The van der Waals surface area contributed by atoms with Crippen molar-refractivity contribution in [3.05, 3.63) is 108 Å². The fourth-order valence-electron chi connectivity index (χ4n) is 3.39. The third-order valence-corrected chi connectivity index (χ3v) is 5.15. The predicted octanol–water partition coefficient (Wildman–Crippen LogP) is 6.93. The van der Waals surface area contributed by atoms with Crippen molar-refractivity contribution in [2.24, 2.45) is 0 Å². The molecular weight excluding hydrogens is 422 g/mol. The molecule has 0 spiro atoms. The van der Waals surface area contributed by atoms with E-state index in [1.807, 2.05) is 60.7 Å². The van der Waals surface area contributed by atoms with Crippen LogP contribution in [0.15, 0.2) is 97.1 Å². The molecule has 1 amide bonds. The van der Waals surface area contributed by atoms with E-state index in [4.69, 9.17) is 16.3 Å². The van der Waals surface area contributed by atoms with Gasteiger partial charge in [-0.1, -0.05) is 48.0 Å². The lowest BCUT2D eigenvalue weighted by molar-refractivity contribution is 0.102. The van der Waals surface area contributed by atoms with Gasteiger partial charge in [0.05, 0.1) is 11.0 Å². The Bertz CT molecular complexity index is 1410. The van der Waals surface area contributed by atoms with Gasteiger partial charge in [0.15, 0.2) is 0 Å². The lowest BCUT2D eigenvalue weighted by Crippen LogP contribution is -2.11. The summed E-state index contributed by atoms with van der Waals surface area (Å²) in [7, 11) is 0. The van der Waals surface area contributed by atoms with Gasteiger partial charge < -0.3 is 15.0 Å². The van der Waals surface area contributed by atoms with Crippen LogP contribution in [0.5, 0.6) is 11.5 Å². The first-order valence-electron chi connectivity index (χ1n) is 10.0. The van der Waals surface area contributed by atoms with Crippen LogP contribution in [0.4, 0.5) is 5.69 Å². The second-order valence-corrected chi connectivity index (χ2v) is 7.66. The SMILES string of the molecule is O=C(Nc1cccc(Cl)c1)c1ccc2nc(-c3cccc(Oc4ccccc4)c3)[nH]c2c1. The Labute approximate surface area is 189 Å². The van der Waals surface area contributed by atoms with Gasteiger partial charge in [-0.3, -0.25) is 4.79 Å². The topological polar surface area (TPSA) is 67.0 Å². The molecule has 1 heterocycles. The number of benzene rings is 4. The molecule has 0 radical (unpaired) electrons. The van der Waals surface area contributed by atoms with E-state index in [2.05, 4.69) is 15.3 Å².